The van der Waals surface area contributed by atoms with Gasteiger partial charge in [-0.05, 0) is 25.5 Å². The van der Waals surface area contributed by atoms with Crippen molar-refractivity contribution >= 4 is 5.78 Å². The normalized spacial score (nSPS) is 20.8. The number of fused-ring (bicyclic) bond motifs is 1. The lowest BCUT2D eigenvalue weighted by Gasteiger charge is -2.23. The summed E-state index contributed by atoms with van der Waals surface area (Å²) < 4.78 is 5.56. The number of Topliss-reactive ketones (excluding diaryl/α,β-unsaturated/α-hetero) is 1. The second-order valence-electron chi connectivity index (χ2n) is 3.50. The Labute approximate surface area is 77.5 Å². The minimum Gasteiger partial charge on any atom is -0.489 e. The fourth-order valence-electron chi connectivity index (χ4n) is 1.72. The maximum atomic E-state index is 11.6. The number of carbonyl (C=O) groups excluding carboxylic acids is 1. The van der Waals surface area contributed by atoms with E-state index in [-0.39, 0.29) is 11.9 Å². The number of benzene rings is 1. The van der Waals surface area contributed by atoms with Crippen molar-refractivity contribution in [1.82, 2.24) is 0 Å². The van der Waals surface area contributed by atoms with Crippen molar-refractivity contribution in [3.63, 3.8) is 0 Å². The van der Waals surface area contributed by atoms with E-state index >= 15 is 0 Å². The van der Waals surface area contributed by atoms with E-state index in [2.05, 4.69) is 0 Å². The molecule has 0 bridgehead atoms. The molecule has 1 aromatic rings. The first kappa shape index (κ1) is 8.30. The van der Waals surface area contributed by atoms with Gasteiger partial charge in [0.05, 0.1) is 5.56 Å². The first-order valence-electron chi connectivity index (χ1n) is 4.48. The van der Waals surface area contributed by atoms with Gasteiger partial charge in [0.2, 0.25) is 0 Å². The van der Waals surface area contributed by atoms with Gasteiger partial charge in [-0.1, -0.05) is 12.1 Å². The van der Waals surface area contributed by atoms with Crippen LogP contribution in [0.1, 0.15) is 29.3 Å². The van der Waals surface area contributed by atoms with Gasteiger partial charge in [0, 0.05) is 6.42 Å². The summed E-state index contributed by atoms with van der Waals surface area (Å²) in [6.07, 6.45) is 0.513. The third kappa shape index (κ3) is 1.32. The van der Waals surface area contributed by atoms with Gasteiger partial charge in [0.25, 0.3) is 0 Å². The second-order valence-corrected chi connectivity index (χ2v) is 3.50. The van der Waals surface area contributed by atoms with Crippen molar-refractivity contribution in [2.24, 2.45) is 0 Å². The van der Waals surface area contributed by atoms with E-state index in [1.807, 2.05) is 32.0 Å². The van der Waals surface area contributed by atoms with Crippen LogP contribution in [0.4, 0.5) is 0 Å². The number of aryl methyl sites for hydroxylation is 1. The lowest BCUT2D eigenvalue weighted by atomic mass is 9.97. The summed E-state index contributed by atoms with van der Waals surface area (Å²) in [6, 6.07) is 5.71. The molecule has 2 rings (SSSR count). The van der Waals surface area contributed by atoms with E-state index in [4.69, 9.17) is 4.74 Å². The van der Waals surface area contributed by atoms with Gasteiger partial charge < -0.3 is 4.74 Å². The molecule has 0 aliphatic carbocycles. The summed E-state index contributed by atoms with van der Waals surface area (Å²) in [6.45, 7) is 3.86. The van der Waals surface area contributed by atoms with Crippen LogP contribution in [0.25, 0.3) is 0 Å². The Balaban J connectivity index is 2.55. The van der Waals surface area contributed by atoms with Crippen molar-refractivity contribution in [3.05, 3.63) is 29.3 Å². The fraction of sp³-hybridized carbons (Fsp3) is 0.364. The SMILES string of the molecule is Cc1cccc2c1C(=O)CC(C)O2. The molecule has 0 aromatic heterocycles. The topological polar surface area (TPSA) is 26.3 Å². The molecule has 1 atom stereocenters. The van der Waals surface area contributed by atoms with Gasteiger partial charge in [-0.15, -0.1) is 0 Å². The summed E-state index contributed by atoms with van der Waals surface area (Å²) in [7, 11) is 0. The van der Waals surface area contributed by atoms with Crippen LogP contribution in [0.15, 0.2) is 18.2 Å². The van der Waals surface area contributed by atoms with Gasteiger partial charge in [0.1, 0.15) is 11.9 Å². The molecule has 1 aliphatic heterocycles. The Morgan fingerprint density at radius 1 is 1.46 bits per heavy atom. The largest absolute Gasteiger partial charge is 0.489 e. The molecule has 2 heteroatoms. The molecule has 68 valence electrons. The first-order valence-corrected chi connectivity index (χ1v) is 4.48. The molecular formula is C11H12O2. The minimum atomic E-state index is 0.0156. The zero-order valence-corrected chi connectivity index (χ0v) is 7.83. The second kappa shape index (κ2) is 2.87. The van der Waals surface area contributed by atoms with Crippen LogP contribution >= 0.6 is 0 Å². The first-order chi connectivity index (χ1) is 6.18. The molecule has 0 radical (unpaired) electrons. The Kier molecular flexibility index (Phi) is 1.83. The molecule has 2 nitrogen and oxygen atoms in total. The number of hydrogen-bond acceptors (Lipinski definition) is 2. The Morgan fingerprint density at radius 3 is 3.00 bits per heavy atom. The maximum absolute atomic E-state index is 11.6. The molecule has 1 aliphatic rings. The van der Waals surface area contributed by atoms with Gasteiger partial charge in [-0.2, -0.15) is 0 Å². The zero-order valence-electron chi connectivity index (χ0n) is 7.83. The van der Waals surface area contributed by atoms with Crippen LogP contribution in [0, 0.1) is 6.92 Å². The Bertz CT molecular complexity index is 355. The fourth-order valence-corrected chi connectivity index (χ4v) is 1.72. The highest BCUT2D eigenvalue weighted by Crippen LogP contribution is 2.29. The van der Waals surface area contributed by atoms with E-state index < -0.39 is 0 Å². The number of ether oxygens (including phenoxy) is 1. The summed E-state index contributed by atoms with van der Waals surface area (Å²) in [5.74, 6) is 0.940. The zero-order chi connectivity index (χ0) is 9.42. The molecule has 0 saturated heterocycles. The monoisotopic (exact) mass is 176 g/mol. The van der Waals surface area contributed by atoms with Crippen LogP contribution < -0.4 is 4.74 Å². The minimum absolute atomic E-state index is 0.0156. The molecular weight excluding hydrogens is 164 g/mol. The van der Waals surface area contributed by atoms with Crippen molar-refractivity contribution in [2.45, 2.75) is 26.4 Å². The predicted octanol–water partition coefficient (Wildman–Crippen LogP) is 2.35. The van der Waals surface area contributed by atoms with Crippen LogP contribution in [0.3, 0.4) is 0 Å². The molecule has 0 spiro atoms. The summed E-state index contributed by atoms with van der Waals surface area (Å²) in [5.41, 5.74) is 1.77. The standard InChI is InChI=1S/C11H12O2/c1-7-4-3-5-10-11(7)9(12)6-8(2)13-10/h3-5,8H,6H2,1-2H3. The molecule has 0 fully saturated rings. The van der Waals surface area contributed by atoms with Crippen molar-refractivity contribution in [3.8, 4) is 5.75 Å². The molecule has 1 aromatic carbocycles. The molecule has 0 N–H and O–H groups in total. The van der Waals surface area contributed by atoms with E-state index in [1.165, 1.54) is 0 Å². The Hall–Kier alpha value is -1.31. The third-order valence-corrected chi connectivity index (χ3v) is 2.31. The van der Waals surface area contributed by atoms with Crippen molar-refractivity contribution in [2.75, 3.05) is 0 Å². The number of rotatable bonds is 0. The quantitative estimate of drug-likeness (QED) is 0.606. The average Bonchev–Trinajstić information content (AvgIpc) is 2.02. The highest BCUT2D eigenvalue weighted by molar-refractivity contribution is 6.01. The van der Waals surface area contributed by atoms with E-state index in [0.717, 1.165) is 16.9 Å². The van der Waals surface area contributed by atoms with Gasteiger partial charge in [-0.3, -0.25) is 4.79 Å². The molecule has 13 heavy (non-hydrogen) atoms. The highest BCUT2D eigenvalue weighted by atomic mass is 16.5. The molecule has 0 saturated carbocycles. The van der Waals surface area contributed by atoms with E-state index in [0.29, 0.717) is 6.42 Å². The predicted molar refractivity (Wildman–Crippen MR) is 50.2 cm³/mol. The van der Waals surface area contributed by atoms with Crippen molar-refractivity contribution < 1.29 is 9.53 Å². The van der Waals surface area contributed by atoms with Crippen molar-refractivity contribution in [1.29, 1.82) is 0 Å². The summed E-state index contributed by atoms with van der Waals surface area (Å²) in [5, 5.41) is 0. The number of carbonyl (C=O) groups is 1. The lowest BCUT2D eigenvalue weighted by molar-refractivity contribution is 0.0870. The van der Waals surface area contributed by atoms with Crippen LogP contribution in [0.5, 0.6) is 5.75 Å². The number of ketones is 1. The van der Waals surface area contributed by atoms with E-state index in [9.17, 15) is 4.79 Å². The average molecular weight is 176 g/mol. The summed E-state index contributed by atoms with van der Waals surface area (Å²) >= 11 is 0. The molecule has 0 amide bonds. The lowest BCUT2D eigenvalue weighted by Crippen LogP contribution is -2.24. The van der Waals surface area contributed by atoms with Crippen LogP contribution in [0.2, 0.25) is 0 Å². The highest BCUT2D eigenvalue weighted by Gasteiger charge is 2.24. The van der Waals surface area contributed by atoms with Crippen LogP contribution in [-0.4, -0.2) is 11.9 Å². The van der Waals surface area contributed by atoms with E-state index in [1.54, 1.807) is 0 Å². The third-order valence-electron chi connectivity index (χ3n) is 2.31. The smallest absolute Gasteiger partial charge is 0.170 e. The van der Waals surface area contributed by atoms with Crippen LogP contribution in [-0.2, 0) is 0 Å². The maximum Gasteiger partial charge on any atom is 0.170 e. The number of hydrogen-bond donors (Lipinski definition) is 0. The molecule has 1 unspecified atom stereocenters. The van der Waals surface area contributed by atoms with Gasteiger partial charge in [0.15, 0.2) is 5.78 Å². The van der Waals surface area contributed by atoms with Gasteiger partial charge in [-0.25, -0.2) is 0 Å². The Morgan fingerprint density at radius 2 is 2.23 bits per heavy atom. The van der Waals surface area contributed by atoms with Gasteiger partial charge >= 0.3 is 0 Å². The summed E-state index contributed by atoms with van der Waals surface area (Å²) in [4.78, 5) is 11.6. The molecule has 1 heterocycles.